The van der Waals surface area contributed by atoms with E-state index in [1.54, 1.807) is 0 Å². The summed E-state index contributed by atoms with van der Waals surface area (Å²) in [6, 6.07) is 3.10. The molecule has 0 aliphatic carbocycles. The van der Waals surface area contributed by atoms with Crippen molar-refractivity contribution in [1.29, 1.82) is 0 Å². The molecule has 0 aliphatic rings. The van der Waals surface area contributed by atoms with E-state index in [0.717, 1.165) is 18.2 Å². The van der Waals surface area contributed by atoms with Crippen LogP contribution in [0.4, 0.5) is 40.8 Å². The Bertz CT molecular complexity index is 1290. The molecule has 0 fully saturated rings. The fourth-order valence-electron chi connectivity index (χ4n) is 2.95. The van der Waals surface area contributed by atoms with Gasteiger partial charge in [-0.15, -0.1) is 0 Å². The van der Waals surface area contributed by atoms with Gasteiger partial charge in [0.25, 0.3) is 11.8 Å². The van der Waals surface area contributed by atoms with Crippen molar-refractivity contribution in [2.24, 2.45) is 7.05 Å². The molecular formula is C18H12ClF8N7O2. The lowest BCUT2D eigenvalue weighted by molar-refractivity contribution is -0.292. The van der Waals surface area contributed by atoms with Crippen LogP contribution in [0.25, 0.3) is 0 Å². The number of anilines is 1. The number of carbonyl (C=O) groups is 2. The summed E-state index contributed by atoms with van der Waals surface area (Å²) in [5.74, 6) is -8.26. The van der Waals surface area contributed by atoms with Crippen LogP contribution in [0.2, 0.25) is 5.02 Å². The van der Waals surface area contributed by atoms with Crippen LogP contribution < -0.4 is 10.6 Å². The largest absolute Gasteiger partial charge is 0.459 e. The Morgan fingerprint density at radius 2 is 1.75 bits per heavy atom. The second-order valence-electron chi connectivity index (χ2n) is 7.03. The highest BCUT2D eigenvalue weighted by atomic mass is 35.5. The first kappa shape index (κ1) is 26.8. The SMILES string of the molecule is Cn1nc(C(F)(F)C(F)(F)F)c(C(F)(F)F)c1C(=O)Nc1ccc(Cl)c(C(=O)NCc2ncn[nH]2)c1. The van der Waals surface area contributed by atoms with Crippen molar-refractivity contribution in [3.8, 4) is 0 Å². The minimum Gasteiger partial charge on any atom is -0.345 e. The molecule has 1 aromatic carbocycles. The smallest absolute Gasteiger partial charge is 0.345 e. The van der Waals surface area contributed by atoms with Crippen LogP contribution in [-0.2, 0) is 25.7 Å². The Hall–Kier alpha value is -3.76. The zero-order chi connectivity index (χ0) is 27.1. The number of benzene rings is 1. The summed E-state index contributed by atoms with van der Waals surface area (Å²) in [5.41, 5.74) is -7.44. The van der Waals surface area contributed by atoms with Crippen molar-refractivity contribution in [1.82, 2.24) is 30.3 Å². The van der Waals surface area contributed by atoms with E-state index in [1.807, 2.05) is 5.32 Å². The number of carbonyl (C=O) groups excluding carboxylic acids is 2. The average molecular weight is 546 g/mol. The van der Waals surface area contributed by atoms with Crippen molar-refractivity contribution < 1.29 is 44.7 Å². The molecule has 0 aliphatic heterocycles. The van der Waals surface area contributed by atoms with Crippen molar-refractivity contribution in [2.75, 3.05) is 5.32 Å². The maximum absolute atomic E-state index is 13.8. The van der Waals surface area contributed by atoms with E-state index < -0.39 is 47.0 Å². The zero-order valence-corrected chi connectivity index (χ0v) is 18.3. The number of hydrogen-bond acceptors (Lipinski definition) is 5. The first-order valence-corrected chi connectivity index (χ1v) is 9.74. The summed E-state index contributed by atoms with van der Waals surface area (Å²) in [4.78, 5) is 28.8. The molecule has 0 radical (unpaired) electrons. The molecule has 2 aromatic heterocycles. The Balaban J connectivity index is 1.94. The maximum atomic E-state index is 13.8. The van der Waals surface area contributed by atoms with Gasteiger partial charge in [-0.1, -0.05) is 11.6 Å². The molecule has 2 heterocycles. The Kier molecular flexibility index (Phi) is 6.98. The number of aromatic amines is 1. The minimum atomic E-state index is -6.42. The summed E-state index contributed by atoms with van der Waals surface area (Å²) in [6.07, 6.45) is -11.1. The fourth-order valence-corrected chi connectivity index (χ4v) is 3.15. The van der Waals surface area contributed by atoms with Crippen LogP contribution in [0, 0.1) is 0 Å². The van der Waals surface area contributed by atoms with Gasteiger partial charge in [0, 0.05) is 12.7 Å². The van der Waals surface area contributed by atoms with Gasteiger partial charge in [0.1, 0.15) is 23.4 Å². The molecule has 0 spiro atoms. The fraction of sp³-hybridized carbons (Fsp3) is 0.278. The van der Waals surface area contributed by atoms with Crippen LogP contribution in [0.1, 0.15) is 37.9 Å². The van der Waals surface area contributed by atoms with Gasteiger partial charge in [0.05, 0.1) is 17.1 Å². The number of nitrogens with one attached hydrogen (secondary N) is 3. The zero-order valence-electron chi connectivity index (χ0n) is 17.5. The van der Waals surface area contributed by atoms with Gasteiger partial charge < -0.3 is 10.6 Å². The van der Waals surface area contributed by atoms with Gasteiger partial charge in [0.2, 0.25) is 0 Å². The molecule has 9 nitrogen and oxygen atoms in total. The monoisotopic (exact) mass is 545 g/mol. The Labute approximate surface area is 199 Å². The molecule has 0 atom stereocenters. The summed E-state index contributed by atoms with van der Waals surface area (Å²) in [7, 11) is 0.588. The number of amides is 2. The Morgan fingerprint density at radius 1 is 1.08 bits per heavy atom. The van der Waals surface area contributed by atoms with Crippen molar-refractivity contribution >= 4 is 29.1 Å². The quantitative estimate of drug-likeness (QED) is 0.404. The van der Waals surface area contributed by atoms with Crippen molar-refractivity contribution in [2.45, 2.75) is 24.8 Å². The lowest BCUT2D eigenvalue weighted by Gasteiger charge is -2.19. The molecular weight excluding hydrogens is 534 g/mol. The van der Waals surface area contributed by atoms with Gasteiger partial charge in [-0.05, 0) is 18.2 Å². The number of aromatic nitrogens is 5. The number of aryl methyl sites for hydroxylation is 1. The van der Waals surface area contributed by atoms with Gasteiger partial charge in [-0.25, -0.2) is 4.98 Å². The third kappa shape index (κ3) is 5.24. The van der Waals surface area contributed by atoms with Gasteiger partial charge in [-0.3, -0.25) is 19.4 Å². The normalized spacial score (nSPS) is 12.5. The minimum absolute atomic E-state index is 0.0475. The van der Waals surface area contributed by atoms with Crippen LogP contribution in [-0.4, -0.2) is 43.0 Å². The second kappa shape index (κ2) is 9.36. The van der Waals surface area contributed by atoms with Crippen molar-refractivity contribution in [3.05, 3.63) is 57.9 Å². The molecule has 0 saturated carbocycles. The van der Waals surface area contributed by atoms with Crippen LogP contribution in [0.3, 0.4) is 0 Å². The molecule has 18 heteroatoms. The van der Waals surface area contributed by atoms with E-state index in [1.165, 1.54) is 6.33 Å². The van der Waals surface area contributed by atoms with Gasteiger partial charge >= 0.3 is 18.3 Å². The highest BCUT2D eigenvalue weighted by Gasteiger charge is 2.64. The average Bonchev–Trinajstić information content (AvgIpc) is 3.40. The van der Waals surface area contributed by atoms with E-state index in [9.17, 15) is 44.7 Å². The third-order valence-electron chi connectivity index (χ3n) is 4.55. The summed E-state index contributed by atoms with van der Waals surface area (Å²) >= 11 is 5.95. The number of H-pyrrole nitrogens is 1. The van der Waals surface area contributed by atoms with Gasteiger partial charge in [-0.2, -0.15) is 45.3 Å². The molecule has 3 N–H and O–H groups in total. The van der Waals surface area contributed by atoms with Gasteiger partial charge in [0.15, 0.2) is 5.69 Å². The predicted octanol–water partition coefficient (Wildman–Crippen LogP) is 4.05. The molecule has 2 amide bonds. The highest BCUT2D eigenvalue weighted by molar-refractivity contribution is 6.34. The maximum Gasteiger partial charge on any atom is 0.459 e. The van der Waals surface area contributed by atoms with E-state index >= 15 is 0 Å². The second-order valence-corrected chi connectivity index (χ2v) is 7.44. The van der Waals surface area contributed by atoms with Crippen molar-refractivity contribution in [3.63, 3.8) is 0 Å². The number of halogens is 9. The van der Waals surface area contributed by atoms with E-state index in [0.29, 0.717) is 7.05 Å². The molecule has 194 valence electrons. The third-order valence-corrected chi connectivity index (χ3v) is 4.88. The summed E-state index contributed by atoms with van der Waals surface area (Å²) < 4.78 is 106. The van der Waals surface area contributed by atoms with Crippen LogP contribution in [0.5, 0.6) is 0 Å². The number of hydrogen-bond donors (Lipinski definition) is 3. The lowest BCUT2D eigenvalue weighted by Crippen LogP contribution is -2.36. The summed E-state index contributed by atoms with van der Waals surface area (Å²) in [6.45, 7) is -0.119. The predicted molar refractivity (Wildman–Crippen MR) is 105 cm³/mol. The summed E-state index contributed by atoms with van der Waals surface area (Å²) in [5, 5.41) is 12.9. The Morgan fingerprint density at radius 3 is 2.31 bits per heavy atom. The topological polar surface area (TPSA) is 118 Å². The molecule has 0 bridgehead atoms. The van der Waals surface area contributed by atoms with Crippen LogP contribution >= 0.6 is 11.6 Å². The van der Waals surface area contributed by atoms with E-state index in [4.69, 9.17) is 11.6 Å². The first-order valence-electron chi connectivity index (χ1n) is 9.36. The standard InChI is InChI=1S/C18H12ClF8N7O2/c1-34-12(11(17(22,23)24)13(33-34)16(20,21)18(25,26)27)15(36)31-7-2-3-9(19)8(4-7)14(35)28-5-10-29-6-30-32-10/h2-4,6H,5H2,1H3,(H,28,35)(H,31,36)(H,29,30,32). The molecule has 0 saturated heterocycles. The highest BCUT2D eigenvalue weighted by Crippen LogP contribution is 2.48. The molecule has 3 rings (SSSR count). The van der Waals surface area contributed by atoms with Crippen LogP contribution in [0.15, 0.2) is 24.5 Å². The van der Waals surface area contributed by atoms with E-state index in [2.05, 4.69) is 25.6 Å². The molecule has 0 unspecified atom stereocenters. The molecule has 36 heavy (non-hydrogen) atoms. The number of rotatable bonds is 6. The lowest BCUT2D eigenvalue weighted by atomic mass is 10.1. The number of nitrogens with zero attached hydrogens (tertiary/aromatic N) is 4. The number of alkyl halides is 8. The first-order chi connectivity index (χ1) is 16.5. The van der Waals surface area contributed by atoms with E-state index in [-0.39, 0.29) is 33.3 Å². The molecule has 3 aromatic rings.